The summed E-state index contributed by atoms with van der Waals surface area (Å²) in [6, 6.07) is 17.8. The maximum absolute atomic E-state index is 3.53. The van der Waals surface area contributed by atoms with Gasteiger partial charge in [0.15, 0.2) is 0 Å². The molecule has 0 aromatic heterocycles. The van der Waals surface area contributed by atoms with E-state index in [1.54, 1.807) is 0 Å². The second-order valence-electron chi connectivity index (χ2n) is 6.33. The Morgan fingerprint density at radius 3 is 2.29 bits per heavy atom. The highest BCUT2D eigenvalue weighted by atomic mass is 14.8. The van der Waals surface area contributed by atoms with E-state index in [1.807, 2.05) is 0 Å². The molecule has 1 heteroatoms. The van der Waals surface area contributed by atoms with Gasteiger partial charge >= 0.3 is 0 Å². The highest BCUT2D eigenvalue weighted by Crippen LogP contribution is 2.10. The molecular weight excluding hydrogens is 254 g/mol. The topological polar surface area (TPSA) is 12.0 Å². The van der Waals surface area contributed by atoms with Crippen molar-refractivity contribution in [1.82, 2.24) is 5.32 Å². The van der Waals surface area contributed by atoms with Gasteiger partial charge < -0.3 is 5.32 Å². The molecule has 0 radical (unpaired) electrons. The van der Waals surface area contributed by atoms with E-state index in [9.17, 15) is 0 Å². The Kier molecular flexibility index (Phi) is 6.01. The van der Waals surface area contributed by atoms with Gasteiger partial charge in [-0.25, -0.2) is 0 Å². The van der Waals surface area contributed by atoms with Crippen LogP contribution >= 0.6 is 0 Å². The molecule has 0 unspecified atom stereocenters. The number of benzene rings is 2. The van der Waals surface area contributed by atoms with Crippen LogP contribution in [0.5, 0.6) is 0 Å². The van der Waals surface area contributed by atoms with Gasteiger partial charge in [-0.3, -0.25) is 0 Å². The third-order valence-corrected chi connectivity index (χ3v) is 3.67. The van der Waals surface area contributed by atoms with E-state index in [4.69, 9.17) is 0 Å². The Morgan fingerprint density at radius 1 is 0.905 bits per heavy atom. The van der Waals surface area contributed by atoms with Crippen molar-refractivity contribution >= 4 is 0 Å². The van der Waals surface area contributed by atoms with Crippen molar-refractivity contribution < 1.29 is 0 Å². The van der Waals surface area contributed by atoms with E-state index in [2.05, 4.69) is 74.6 Å². The smallest absolute Gasteiger partial charge is 0.0205 e. The standard InChI is InChI=1S/C20H27N/c1-16(2)13-19-7-9-20(10-8-19)15-21-12-11-18-6-4-5-17(3)14-18/h4-10,14,16,21H,11-13,15H2,1-3H3. The van der Waals surface area contributed by atoms with Crippen LogP contribution < -0.4 is 5.32 Å². The number of hydrogen-bond donors (Lipinski definition) is 1. The molecule has 0 atom stereocenters. The summed E-state index contributed by atoms with van der Waals surface area (Å²) in [7, 11) is 0. The first kappa shape index (κ1) is 15.8. The lowest BCUT2D eigenvalue weighted by atomic mass is 10.0. The van der Waals surface area contributed by atoms with Crippen molar-refractivity contribution in [2.24, 2.45) is 5.92 Å². The largest absolute Gasteiger partial charge is 0.312 e. The van der Waals surface area contributed by atoms with Crippen molar-refractivity contribution in [3.8, 4) is 0 Å². The maximum Gasteiger partial charge on any atom is 0.0205 e. The number of hydrogen-bond acceptors (Lipinski definition) is 1. The molecule has 1 nitrogen and oxygen atoms in total. The van der Waals surface area contributed by atoms with Gasteiger partial charge in [-0.15, -0.1) is 0 Å². The fourth-order valence-corrected chi connectivity index (χ4v) is 2.60. The lowest BCUT2D eigenvalue weighted by Crippen LogP contribution is -2.16. The lowest BCUT2D eigenvalue weighted by molar-refractivity contribution is 0.646. The summed E-state index contributed by atoms with van der Waals surface area (Å²) in [5.74, 6) is 0.725. The molecule has 0 bridgehead atoms. The molecule has 0 amide bonds. The van der Waals surface area contributed by atoms with Crippen molar-refractivity contribution in [3.63, 3.8) is 0 Å². The van der Waals surface area contributed by atoms with E-state index >= 15 is 0 Å². The average Bonchev–Trinajstić information content (AvgIpc) is 2.45. The quantitative estimate of drug-likeness (QED) is 0.735. The number of rotatable bonds is 7. The molecule has 0 saturated carbocycles. The highest BCUT2D eigenvalue weighted by Gasteiger charge is 1.99. The molecule has 0 aliphatic rings. The van der Waals surface area contributed by atoms with E-state index in [0.29, 0.717) is 0 Å². The Balaban J connectivity index is 1.73. The van der Waals surface area contributed by atoms with Crippen molar-refractivity contribution in [2.45, 2.75) is 40.2 Å². The van der Waals surface area contributed by atoms with Gasteiger partial charge in [-0.2, -0.15) is 0 Å². The molecule has 0 heterocycles. The summed E-state index contributed by atoms with van der Waals surface area (Å²) in [6.45, 7) is 8.65. The van der Waals surface area contributed by atoms with Crippen LogP contribution in [0.15, 0.2) is 48.5 Å². The first-order valence-electron chi connectivity index (χ1n) is 7.97. The molecule has 2 aromatic carbocycles. The normalized spacial score (nSPS) is 11.0. The minimum absolute atomic E-state index is 0.725. The Morgan fingerprint density at radius 2 is 1.62 bits per heavy atom. The van der Waals surface area contributed by atoms with Gasteiger partial charge in [0.05, 0.1) is 0 Å². The zero-order valence-electron chi connectivity index (χ0n) is 13.5. The van der Waals surface area contributed by atoms with Crippen LogP contribution in [0.3, 0.4) is 0 Å². The molecule has 0 aliphatic heterocycles. The SMILES string of the molecule is Cc1cccc(CCNCc2ccc(CC(C)C)cc2)c1. The Hall–Kier alpha value is -1.60. The minimum Gasteiger partial charge on any atom is -0.312 e. The van der Waals surface area contributed by atoms with Gasteiger partial charge in [-0.05, 0) is 48.9 Å². The third kappa shape index (κ3) is 5.73. The second kappa shape index (κ2) is 7.99. The van der Waals surface area contributed by atoms with Crippen LogP contribution in [0.1, 0.15) is 36.1 Å². The molecule has 2 rings (SSSR count). The van der Waals surface area contributed by atoms with Crippen molar-refractivity contribution in [2.75, 3.05) is 6.54 Å². The maximum atomic E-state index is 3.53. The predicted octanol–water partition coefficient (Wildman–Crippen LogP) is 4.53. The van der Waals surface area contributed by atoms with E-state index in [1.165, 1.54) is 28.7 Å². The fraction of sp³-hybridized carbons (Fsp3) is 0.400. The van der Waals surface area contributed by atoms with Gasteiger partial charge in [0.1, 0.15) is 0 Å². The predicted molar refractivity (Wildman–Crippen MR) is 91.6 cm³/mol. The van der Waals surface area contributed by atoms with Crippen LogP contribution in [0.25, 0.3) is 0 Å². The number of nitrogens with one attached hydrogen (secondary N) is 1. The lowest BCUT2D eigenvalue weighted by Gasteiger charge is -2.08. The van der Waals surface area contributed by atoms with Crippen LogP contribution in [0.4, 0.5) is 0 Å². The average molecular weight is 281 g/mol. The summed E-state index contributed by atoms with van der Waals surface area (Å²) >= 11 is 0. The van der Waals surface area contributed by atoms with Crippen LogP contribution in [0.2, 0.25) is 0 Å². The Bertz CT molecular complexity index is 540. The van der Waals surface area contributed by atoms with Gasteiger partial charge in [0, 0.05) is 6.54 Å². The molecule has 0 fully saturated rings. The first-order valence-corrected chi connectivity index (χ1v) is 7.97. The van der Waals surface area contributed by atoms with E-state index in [0.717, 1.165) is 25.4 Å². The third-order valence-electron chi connectivity index (χ3n) is 3.67. The molecule has 112 valence electrons. The van der Waals surface area contributed by atoms with Crippen molar-refractivity contribution in [1.29, 1.82) is 0 Å². The molecule has 0 saturated heterocycles. The molecule has 2 aromatic rings. The zero-order chi connectivity index (χ0) is 15.1. The van der Waals surface area contributed by atoms with E-state index < -0.39 is 0 Å². The van der Waals surface area contributed by atoms with Crippen LogP contribution in [0, 0.1) is 12.8 Å². The van der Waals surface area contributed by atoms with Crippen LogP contribution in [-0.2, 0) is 19.4 Å². The zero-order valence-corrected chi connectivity index (χ0v) is 13.5. The monoisotopic (exact) mass is 281 g/mol. The fourth-order valence-electron chi connectivity index (χ4n) is 2.60. The van der Waals surface area contributed by atoms with Gasteiger partial charge in [0.2, 0.25) is 0 Å². The first-order chi connectivity index (χ1) is 10.1. The summed E-state index contributed by atoms with van der Waals surface area (Å²) in [4.78, 5) is 0. The van der Waals surface area contributed by atoms with E-state index in [-0.39, 0.29) is 0 Å². The Labute approximate surface area is 129 Å². The molecule has 1 N–H and O–H groups in total. The summed E-state index contributed by atoms with van der Waals surface area (Å²) in [5.41, 5.74) is 5.56. The van der Waals surface area contributed by atoms with Crippen LogP contribution in [-0.4, -0.2) is 6.54 Å². The molecular formula is C20H27N. The highest BCUT2D eigenvalue weighted by molar-refractivity contribution is 5.23. The van der Waals surface area contributed by atoms with Gasteiger partial charge in [0.25, 0.3) is 0 Å². The summed E-state index contributed by atoms with van der Waals surface area (Å²) in [6.07, 6.45) is 2.26. The number of aryl methyl sites for hydroxylation is 1. The van der Waals surface area contributed by atoms with Gasteiger partial charge in [-0.1, -0.05) is 67.9 Å². The summed E-state index contributed by atoms with van der Waals surface area (Å²) in [5, 5.41) is 3.53. The second-order valence-corrected chi connectivity index (χ2v) is 6.33. The molecule has 21 heavy (non-hydrogen) atoms. The summed E-state index contributed by atoms with van der Waals surface area (Å²) < 4.78 is 0. The van der Waals surface area contributed by atoms with Crippen molar-refractivity contribution in [3.05, 3.63) is 70.8 Å². The molecule has 0 aliphatic carbocycles. The molecule has 0 spiro atoms. The minimum atomic E-state index is 0.725.